The van der Waals surface area contributed by atoms with E-state index in [-0.39, 0.29) is 12.5 Å². The lowest BCUT2D eigenvalue weighted by Gasteiger charge is -2.34. The van der Waals surface area contributed by atoms with E-state index in [0.717, 1.165) is 35.1 Å². The Bertz CT molecular complexity index is 1060. The summed E-state index contributed by atoms with van der Waals surface area (Å²) in [5.41, 5.74) is 2.09. The fourth-order valence-corrected chi connectivity index (χ4v) is 4.84. The fourth-order valence-electron chi connectivity index (χ4n) is 3.52. The van der Waals surface area contributed by atoms with Crippen molar-refractivity contribution in [3.05, 3.63) is 55.9 Å². The molecular weight excluding hydrogens is 426 g/mol. The third-order valence-corrected chi connectivity index (χ3v) is 6.59. The van der Waals surface area contributed by atoms with Crippen LogP contribution in [0.2, 0.25) is 4.34 Å². The number of halogens is 1. The number of aromatic amines is 1. The number of rotatable bonds is 5. The lowest BCUT2D eigenvalue weighted by molar-refractivity contribution is -0.133. The number of H-pyrrole nitrogens is 1. The molecule has 1 fully saturated rings. The summed E-state index contributed by atoms with van der Waals surface area (Å²) in [6.45, 7) is 6.23. The van der Waals surface area contributed by atoms with Crippen LogP contribution in [0.25, 0.3) is 11.4 Å². The normalized spacial score (nSPS) is 15.0. The van der Waals surface area contributed by atoms with Crippen molar-refractivity contribution in [2.45, 2.75) is 20.0 Å². The van der Waals surface area contributed by atoms with Crippen molar-refractivity contribution >= 4 is 41.1 Å². The predicted octanol–water partition coefficient (Wildman–Crippen LogP) is 3.98. The monoisotopic (exact) mass is 447 g/mol. The molecule has 9 heteroatoms. The first-order valence-corrected chi connectivity index (χ1v) is 11.1. The van der Waals surface area contributed by atoms with E-state index < -0.39 is 0 Å². The first-order chi connectivity index (χ1) is 14.0. The van der Waals surface area contributed by atoms with Gasteiger partial charge in [-0.05, 0) is 37.3 Å². The first-order valence-electron chi connectivity index (χ1n) is 9.46. The van der Waals surface area contributed by atoms with Gasteiger partial charge in [0.05, 0.1) is 4.34 Å². The molecule has 6 nitrogen and oxygen atoms in total. The van der Waals surface area contributed by atoms with Gasteiger partial charge >= 0.3 is 0 Å². The molecule has 0 unspecified atom stereocenters. The van der Waals surface area contributed by atoms with Gasteiger partial charge in [-0.1, -0.05) is 35.4 Å². The van der Waals surface area contributed by atoms with Gasteiger partial charge < -0.3 is 4.90 Å². The third-order valence-electron chi connectivity index (χ3n) is 5.06. The summed E-state index contributed by atoms with van der Waals surface area (Å²) in [7, 11) is 0. The van der Waals surface area contributed by atoms with Gasteiger partial charge in [-0.25, -0.2) is 0 Å². The van der Waals surface area contributed by atoms with Crippen LogP contribution in [0, 0.1) is 11.7 Å². The SMILES string of the molecule is Cc1cccc(-c2n[nH]c(=S)n2CC(=O)N2CCN(Cc3ccc(Cl)s3)CC2)c1. The van der Waals surface area contributed by atoms with E-state index in [4.69, 9.17) is 23.8 Å². The summed E-state index contributed by atoms with van der Waals surface area (Å²) < 4.78 is 3.06. The van der Waals surface area contributed by atoms with Gasteiger partial charge in [0.25, 0.3) is 0 Å². The van der Waals surface area contributed by atoms with Crippen molar-refractivity contribution in [2.75, 3.05) is 26.2 Å². The number of benzene rings is 1. The Labute approximate surface area is 183 Å². The van der Waals surface area contributed by atoms with E-state index in [1.165, 1.54) is 4.88 Å². The Kier molecular flexibility index (Phi) is 6.15. The molecule has 29 heavy (non-hydrogen) atoms. The lowest BCUT2D eigenvalue weighted by Crippen LogP contribution is -2.49. The van der Waals surface area contributed by atoms with Crippen LogP contribution in [0.5, 0.6) is 0 Å². The summed E-state index contributed by atoms with van der Waals surface area (Å²) in [6.07, 6.45) is 0. The Morgan fingerprint density at radius 3 is 2.72 bits per heavy atom. The second kappa shape index (κ2) is 8.79. The first kappa shape index (κ1) is 20.3. The molecule has 0 radical (unpaired) electrons. The standard InChI is InChI=1S/C20H22ClN5OS2/c1-14-3-2-4-15(11-14)19-22-23-20(28)26(19)13-18(27)25-9-7-24(8-10-25)12-16-5-6-17(21)29-16/h2-6,11H,7-10,12-13H2,1H3,(H,23,28). The number of carbonyl (C=O) groups excluding carboxylic acids is 1. The summed E-state index contributed by atoms with van der Waals surface area (Å²) in [4.78, 5) is 18.4. The minimum absolute atomic E-state index is 0.0650. The van der Waals surface area contributed by atoms with E-state index in [9.17, 15) is 4.79 Å². The van der Waals surface area contributed by atoms with Gasteiger partial charge in [0.1, 0.15) is 6.54 Å². The lowest BCUT2D eigenvalue weighted by atomic mass is 10.1. The average Bonchev–Trinajstić information content (AvgIpc) is 3.28. The van der Waals surface area contributed by atoms with E-state index in [1.807, 2.05) is 42.2 Å². The van der Waals surface area contributed by atoms with Crippen LogP contribution in [-0.2, 0) is 17.9 Å². The Morgan fingerprint density at radius 1 is 1.24 bits per heavy atom. The number of amides is 1. The summed E-state index contributed by atoms with van der Waals surface area (Å²) in [5.74, 6) is 0.760. The van der Waals surface area contributed by atoms with Gasteiger partial charge in [0.2, 0.25) is 5.91 Å². The van der Waals surface area contributed by atoms with Gasteiger partial charge in [-0.2, -0.15) is 5.10 Å². The van der Waals surface area contributed by atoms with E-state index in [0.29, 0.717) is 23.7 Å². The van der Waals surface area contributed by atoms with Gasteiger partial charge in [0.15, 0.2) is 10.6 Å². The molecule has 3 aromatic rings. The van der Waals surface area contributed by atoms with Crippen molar-refractivity contribution in [2.24, 2.45) is 0 Å². The topological polar surface area (TPSA) is 57.2 Å². The summed E-state index contributed by atoms with van der Waals surface area (Å²) in [5, 5.41) is 7.17. The molecule has 1 aromatic carbocycles. The molecular formula is C20H22ClN5OS2. The van der Waals surface area contributed by atoms with E-state index in [2.05, 4.69) is 21.2 Å². The number of hydrogen-bond acceptors (Lipinski definition) is 5. The Balaban J connectivity index is 1.39. The van der Waals surface area contributed by atoms with Crippen molar-refractivity contribution < 1.29 is 4.79 Å². The fraction of sp³-hybridized carbons (Fsp3) is 0.350. The molecule has 1 aliphatic heterocycles. The van der Waals surface area contributed by atoms with Crippen LogP contribution >= 0.6 is 35.2 Å². The Hall–Kier alpha value is -2.00. The zero-order valence-corrected chi connectivity index (χ0v) is 18.5. The quantitative estimate of drug-likeness (QED) is 0.601. The van der Waals surface area contributed by atoms with E-state index in [1.54, 1.807) is 15.9 Å². The molecule has 152 valence electrons. The van der Waals surface area contributed by atoms with Crippen LogP contribution in [-0.4, -0.2) is 56.7 Å². The van der Waals surface area contributed by atoms with Crippen LogP contribution in [0.3, 0.4) is 0 Å². The van der Waals surface area contributed by atoms with Gasteiger partial charge in [-0.15, -0.1) is 11.3 Å². The largest absolute Gasteiger partial charge is 0.339 e. The number of thiophene rings is 1. The maximum Gasteiger partial charge on any atom is 0.242 e. The minimum atomic E-state index is 0.0650. The zero-order chi connectivity index (χ0) is 20.4. The molecule has 0 aliphatic carbocycles. The number of nitrogens with zero attached hydrogens (tertiary/aromatic N) is 4. The third kappa shape index (κ3) is 4.78. The number of hydrogen-bond donors (Lipinski definition) is 1. The maximum absolute atomic E-state index is 12.9. The second-order valence-corrected chi connectivity index (χ2v) is 9.36. The van der Waals surface area contributed by atoms with Crippen molar-refractivity contribution in [1.82, 2.24) is 24.6 Å². The number of nitrogens with one attached hydrogen (secondary N) is 1. The molecule has 1 aliphatic rings. The summed E-state index contributed by atoms with van der Waals surface area (Å²) >= 11 is 13.0. The number of aryl methyl sites for hydroxylation is 1. The molecule has 1 saturated heterocycles. The van der Waals surface area contributed by atoms with Crippen molar-refractivity contribution in [3.8, 4) is 11.4 Å². The van der Waals surface area contributed by atoms with Crippen LogP contribution in [0.15, 0.2) is 36.4 Å². The maximum atomic E-state index is 12.9. The Morgan fingerprint density at radius 2 is 2.03 bits per heavy atom. The van der Waals surface area contributed by atoms with Crippen molar-refractivity contribution in [3.63, 3.8) is 0 Å². The van der Waals surface area contributed by atoms with Crippen LogP contribution < -0.4 is 0 Å². The molecule has 1 N–H and O–H groups in total. The van der Waals surface area contributed by atoms with E-state index >= 15 is 0 Å². The number of aromatic nitrogens is 3. The zero-order valence-electron chi connectivity index (χ0n) is 16.1. The van der Waals surface area contributed by atoms with Crippen molar-refractivity contribution in [1.29, 1.82) is 0 Å². The summed E-state index contributed by atoms with van der Waals surface area (Å²) in [6, 6.07) is 12.0. The predicted molar refractivity (Wildman–Crippen MR) is 119 cm³/mol. The molecule has 2 aromatic heterocycles. The molecule has 0 saturated carbocycles. The highest BCUT2D eigenvalue weighted by Crippen LogP contribution is 2.23. The van der Waals surface area contributed by atoms with Crippen LogP contribution in [0.1, 0.15) is 10.4 Å². The highest BCUT2D eigenvalue weighted by Gasteiger charge is 2.23. The average molecular weight is 448 g/mol. The molecule has 3 heterocycles. The van der Waals surface area contributed by atoms with Gasteiger partial charge in [0, 0.05) is 43.2 Å². The molecule has 0 atom stereocenters. The van der Waals surface area contributed by atoms with Gasteiger partial charge in [-0.3, -0.25) is 19.4 Å². The molecule has 0 spiro atoms. The molecule has 1 amide bonds. The van der Waals surface area contributed by atoms with Crippen LogP contribution in [0.4, 0.5) is 0 Å². The highest BCUT2D eigenvalue weighted by atomic mass is 35.5. The molecule has 0 bridgehead atoms. The number of piperazine rings is 1. The second-order valence-electron chi connectivity index (χ2n) is 7.17. The number of carbonyl (C=O) groups is 1. The minimum Gasteiger partial charge on any atom is -0.339 e. The molecule has 4 rings (SSSR count). The smallest absolute Gasteiger partial charge is 0.242 e. The highest BCUT2D eigenvalue weighted by molar-refractivity contribution is 7.71.